The highest BCUT2D eigenvalue weighted by Crippen LogP contribution is 2.16. The molecular formula is C9H9O2S-. The van der Waals surface area contributed by atoms with Crippen LogP contribution in [0.4, 0.5) is 0 Å². The second-order valence-corrected chi connectivity index (χ2v) is 2.84. The highest BCUT2D eigenvalue weighted by Gasteiger charge is 1.99. The summed E-state index contributed by atoms with van der Waals surface area (Å²) >= 11 is 4.53. The predicted molar refractivity (Wildman–Crippen MR) is 49.4 cm³/mol. The molecule has 0 bridgehead atoms. The van der Waals surface area contributed by atoms with Gasteiger partial charge >= 0.3 is 0 Å². The van der Waals surface area contributed by atoms with Crippen molar-refractivity contribution in [3.05, 3.63) is 29.3 Å². The van der Waals surface area contributed by atoms with E-state index in [1.165, 1.54) is 0 Å². The van der Waals surface area contributed by atoms with Crippen molar-refractivity contribution >= 4 is 17.7 Å². The van der Waals surface area contributed by atoms with E-state index in [4.69, 9.17) is 4.74 Å². The van der Waals surface area contributed by atoms with E-state index < -0.39 is 0 Å². The summed E-state index contributed by atoms with van der Waals surface area (Å²) in [5.41, 5.74) is 1.43. The van der Waals surface area contributed by atoms with Gasteiger partial charge in [0.25, 0.3) is 0 Å². The van der Waals surface area contributed by atoms with Crippen molar-refractivity contribution in [3.8, 4) is 5.75 Å². The van der Waals surface area contributed by atoms with Gasteiger partial charge in [-0.25, -0.2) is 0 Å². The van der Waals surface area contributed by atoms with Gasteiger partial charge in [-0.1, -0.05) is 0 Å². The molecule has 3 heteroatoms. The summed E-state index contributed by atoms with van der Waals surface area (Å²) in [5.74, 6) is 0.743. The molecule has 1 aromatic carbocycles. The Morgan fingerprint density at radius 2 is 2.17 bits per heavy atom. The third-order valence-electron chi connectivity index (χ3n) is 1.65. The molecule has 0 aromatic heterocycles. The molecule has 0 unspecified atom stereocenters. The number of carbonyl (C=O) groups excluding carboxylic acids is 1. The molecule has 0 spiro atoms. The summed E-state index contributed by atoms with van der Waals surface area (Å²) in [4.78, 5) is 10.8. The van der Waals surface area contributed by atoms with Gasteiger partial charge in [-0.05, 0) is 36.2 Å². The Hall–Kier alpha value is -1.09. The molecule has 12 heavy (non-hydrogen) atoms. The van der Waals surface area contributed by atoms with Gasteiger partial charge in [-0.3, -0.25) is 0 Å². The second kappa shape index (κ2) is 3.54. The highest BCUT2D eigenvalue weighted by atomic mass is 32.1. The Morgan fingerprint density at radius 1 is 1.50 bits per heavy atom. The lowest BCUT2D eigenvalue weighted by Crippen LogP contribution is -1.97. The van der Waals surface area contributed by atoms with Gasteiger partial charge in [0.15, 0.2) is 0 Å². The van der Waals surface area contributed by atoms with Gasteiger partial charge in [-0.15, -0.1) is 0 Å². The average molecular weight is 181 g/mol. The lowest BCUT2D eigenvalue weighted by molar-refractivity contribution is 0.109. The monoisotopic (exact) mass is 181 g/mol. The van der Waals surface area contributed by atoms with Crippen LogP contribution in [0.2, 0.25) is 0 Å². The van der Waals surface area contributed by atoms with Crippen LogP contribution in [0.15, 0.2) is 18.2 Å². The van der Waals surface area contributed by atoms with Crippen LogP contribution in [0, 0.1) is 6.92 Å². The zero-order valence-corrected chi connectivity index (χ0v) is 7.77. The number of aryl methyl sites for hydroxylation is 1. The van der Waals surface area contributed by atoms with Crippen molar-refractivity contribution < 1.29 is 9.53 Å². The molecule has 0 radical (unpaired) electrons. The first-order valence-corrected chi connectivity index (χ1v) is 3.92. The minimum Gasteiger partial charge on any atom is -0.737 e. The van der Waals surface area contributed by atoms with Crippen molar-refractivity contribution in [2.75, 3.05) is 7.11 Å². The van der Waals surface area contributed by atoms with Crippen LogP contribution in [-0.2, 0) is 12.6 Å². The minimum atomic E-state index is -0.324. The number of ether oxygens (including phenoxy) is 1. The summed E-state index contributed by atoms with van der Waals surface area (Å²) in [7, 11) is 1.59. The first-order valence-electron chi connectivity index (χ1n) is 3.51. The second-order valence-electron chi connectivity index (χ2n) is 2.47. The molecule has 0 heterocycles. The zero-order valence-electron chi connectivity index (χ0n) is 6.96. The van der Waals surface area contributed by atoms with Crippen molar-refractivity contribution in [1.82, 2.24) is 0 Å². The van der Waals surface area contributed by atoms with Crippen LogP contribution in [0.5, 0.6) is 5.75 Å². The van der Waals surface area contributed by atoms with E-state index in [1.54, 1.807) is 25.3 Å². The summed E-state index contributed by atoms with van der Waals surface area (Å²) < 4.78 is 4.98. The van der Waals surface area contributed by atoms with Crippen LogP contribution in [0.3, 0.4) is 0 Å². The summed E-state index contributed by atoms with van der Waals surface area (Å²) in [6, 6.07) is 5.20. The third-order valence-corrected chi connectivity index (χ3v) is 1.87. The van der Waals surface area contributed by atoms with Gasteiger partial charge in [0.1, 0.15) is 5.75 Å². The summed E-state index contributed by atoms with van der Waals surface area (Å²) in [5, 5.41) is -0.324. The molecule has 0 saturated heterocycles. The topological polar surface area (TPSA) is 26.3 Å². The molecule has 0 aliphatic carbocycles. The molecule has 0 aliphatic heterocycles. The summed E-state index contributed by atoms with van der Waals surface area (Å²) in [6.07, 6.45) is 0. The van der Waals surface area contributed by atoms with E-state index in [9.17, 15) is 4.79 Å². The number of benzene rings is 1. The van der Waals surface area contributed by atoms with Crippen LogP contribution in [-0.4, -0.2) is 12.2 Å². The van der Waals surface area contributed by atoms with Gasteiger partial charge in [0, 0.05) is 5.12 Å². The Kier molecular flexibility index (Phi) is 2.65. The van der Waals surface area contributed by atoms with Crippen molar-refractivity contribution in [3.63, 3.8) is 0 Å². The summed E-state index contributed by atoms with van der Waals surface area (Å²) in [6.45, 7) is 1.84. The Balaban J connectivity index is 3.12. The molecule has 0 fully saturated rings. The fourth-order valence-corrected chi connectivity index (χ4v) is 1.22. The Labute approximate surface area is 77.0 Å². The number of rotatable bonds is 2. The van der Waals surface area contributed by atoms with Crippen molar-refractivity contribution in [2.24, 2.45) is 0 Å². The molecule has 0 atom stereocenters. The van der Waals surface area contributed by atoms with E-state index in [1.807, 2.05) is 6.92 Å². The number of hydrogen-bond donors (Lipinski definition) is 0. The first kappa shape index (κ1) is 9.00. The molecule has 1 aromatic rings. The molecule has 1 rings (SSSR count). The first-order chi connectivity index (χ1) is 5.65. The van der Waals surface area contributed by atoms with E-state index in [0.29, 0.717) is 5.56 Å². The molecule has 64 valence electrons. The maximum Gasteiger partial charge on any atom is 0.119 e. The maximum absolute atomic E-state index is 10.8. The molecule has 2 nitrogen and oxygen atoms in total. The number of hydrogen-bond acceptors (Lipinski definition) is 3. The Bertz CT molecular complexity index is 307. The maximum atomic E-state index is 10.8. The van der Waals surface area contributed by atoms with Gasteiger partial charge in [-0.2, -0.15) is 0 Å². The van der Waals surface area contributed by atoms with Gasteiger partial charge < -0.3 is 22.2 Å². The fourth-order valence-electron chi connectivity index (χ4n) is 0.992. The molecule has 0 aliphatic rings. The van der Waals surface area contributed by atoms with Crippen molar-refractivity contribution in [1.29, 1.82) is 0 Å². The van der Waals surface area contributed by atoms with E-state index in [2.05, 4.69) is 12.6 Å². The minimum absolute atomic E-state index is 0.324. The quantitative estimate of drug-likeness (QED) is 0.649. The third kappa shape index (κ3) is 1.74. The van der Waals surface area contributed by atoms with E-state index in [-0.39, 0.29) is 5.12 Å². The van der Waals surface area contributed by atoms with Crippen LogP contribution in [0.25, 0.3) is 0 Å². The molecule has 0 N–H and O–H groups in total. The van der Waals surface area contributed by atoms with Gasteiger partial charge in [0.2, 0.25) is 0 Å². The van der Waals surface area contributed by atoms with E-state index in [0.717, 1.165) is 11.3 Å². The lowest BCUT2D eigenvalue weighted by Gasteiger charge is -2.09. The predicted octanol–water partition coefficient (Wildman–Crippen LogP) is 1.69. The van der Waals surface area contributed by atoms with Crippen LogP contribution < -0.4 is 4.74 Å². The normalized spacial score (nSPS) is 9.50. The smallest absolute Gasteiger partial charge is 0.119 e. The zero-order chi connectivity index (χ0) is 9.14. The molecule has 0 saturated carbocycles. The fraction of sp³-hybridized carbons (Fsp3) is 0.222. The lowest BCUT2D eigenvalue weighted by atomic mass is 10.1. The van der Waals surface area contributed by atoms with Crippen LogP contribution in [0.1, 0.15) is 15.9 Å². The van der Waals surface area contributed by atoms with E-state index >= 15 is 0 Å². The SMILES string of the molecule is COc1ccc(C(=O)[S-])c(C)c1. The number of methoxy groups -OCH3 is 1. The van der Waals surface area contributed by atoms with Gasteiger partial charge in [0.05, 0.1) is 7.11 Å². The van der Waals surface area contributed by atoms with Crippen LogP contribution >= 0.6 is 0 Å². The molecular weight excluding hydrogens is 172 g/mol. The largest absolute Gasteiger partial charge is 0.737 e. The highest BCUT2D eigenvalue weighted by molar-refractivity contribution is 7.77. The Morgan fingerprint density at radius 3 is 2.58 bits per heavy atom. The average Bonchev–Trinajstić information content (AvgIpc) is 2.03. The number of carbonyl (C=O) groups is 1. The van der Waals surface area contributed by atoms with Crippen molar-refractivity contribution in [2.45, 2.75) is 6.92 Å². The molecule has 0 amide bonds. The standard InChI is InChI=1S/C9H10O2S/c1-6-5-7(11-2)3-4-8(6)9(10)12/h3-5H,1-2H3,(H,10,12)/p-1.